The average Bonchev–Trinajstić information content (AvgIpc) is 2.75. The number of H-pyrrole nitrogens is 1. The first-order valence-electron chi connectivity index (χ1n) is 4.59. The molecule has 1 unspecified atom stereocenters. The van der Waals surface area contributed by atoms with Gasteiger partial charge in [-0.15, -0.1) is 0 Å². The zero-order valence-electron chi connectivity index (χ0n) is 8.41. The van der Waals surface area contributed by atoms with Crippen LogP contribution in [0, 0.1) is 5.82 Å². The van der Waals surface area contributed by atoms with Crippen LogP contribution < -0.4 is 5.32 Å². The van der Waals surface area contributed by atoms with Gasteiger partial charge in [0.1, 0.15) is 12.2 Å². The second kappa shape index (κ2) is 4.44. The number of aromatic nitrogens is 4. The monoisotopic (exact) mass is 241 g/mol. The van der Waals surface area contributed by atoms with E-state index in [1.54, 1.807) is 0 Å². The molecule has 0 fully saturated rings. The lowest BCUT2D eigenvalue weighted by Crippen LogP contribution is -2.10. The molecule has 0 aliphatic heterocycles. The molecule has 2 heterocycles. The van der Waals surface area contributed by atoms with Crippen LogP contribution in [0.3, 0.4) is 0 Å². The summed E-state index contributed by atoms with van der Waals surface area (Å²) < 4.78 is 13.4. The molecule has 1 atom stereocenters. The van der Waals surface area contributed by atoms with Gasteiger partial charge in [-0.3, -0.25) is 5.10 Å². The van der Waals surface area contributed by atoms with Crippen molar-refractivity contribution in [3.8, 4) is 0 Å². The van der Waals surface area contributed by atoms with E-state index in [4.69, 9.17) is 11.6 Å². The molecule has 0 amide bonds. The topological polar surface area (TPSA) is 66.5 Å². The molecular formula is C9H9ClFN5. The van der Waals surface area contributed by atoms with Crippen LogP contribution in [0.2, 0.25) is 5.02 Å². The summed E-state index contributed by atoms with van der Waals surface area (Å²) in [5.74, 6) is 0.239. The smallest absolute Gasteiger partial charge is 0.166 e. The number of hydrogen-bond donors (Lipinski definition) is 2. The fourth-order valence-electron chi connectivity index (χ4n) is 1.22. The Bertz CT molecular complexity index is 473. The molecule has 84 valence electrons. The highest BCUT2D eigenvalue weighted by Crippen LogP contribution is 2.19. The van der Waals surface area contributed by atoms with Gasteiger partial charge in [0.2, 0.25) is 0 Å². The minimum Gasteiger partial charge on any atom is -0.358 e. The molecule has 0 saturated carbocycles. The number of rotatable bonds is 3. The van der Waals surface area contributed by atoms with Gasteiger partial charge >= 0.3 is 0 Å². The lowest BCUT2D eigenvalue weighted by molar-refractivity contribution is 0.619. The summed E-state index contributed by atoms with van der Waals surface area (Å²) >= 11 is 5.59. The van der Waals surface area contributed by atoms with Gasteiger partial charge in [0.15, 0.2) is 11.6 Å². The Kier molecular flexibility index (Phi) is 3.00. The average molecular weight is 242 g/mol. The van der Waals surface area contributed by atoms with Crippen LogP contribution in [-0.4, -0.2) is 20.2 Å². The molecule has 0 radical (unpaired) electrons. The van der Waals surface area contributed by atoms with Crippen molar-refractivity contribution in [2.45, 2.75) is 13.0 Å². The molecule has 0 aliphatic carbocycles. The van der Waals surface area contributed by atoms with Gasteiger partial charge in [-0.25, -0.2) is 14.4 Å². The zero-order chi connectivity index (χ0) is 11.5. The second-order valence-corrected chi connectivity index (χ2v) is 3.66. The quantitative estimate of drug-likeness (QED) is 0.864. The maximum atomic E-state index is 13.4. The van der Waals surface area contributed by atoms with E-state index in [1.165, 1.54) is 18.6 Å². The molecule has 0 saturated heterocycles. The molecule has 0 aromatic carbocycles. The maximum absolute atomic E-state index is 13.4. The predicted octanol–water partition coefficient (Wildman–Crippen LogP) is 2.17. The molecule has 0 spiro atoms. The number of halogens is 2. The van der Waals surface area contributed by atoms with Crippen LogP contribution >= 0.6 is 11.6 Å². The van der Waals surface area contributed by atoms with Gasteiger partial charge in [0, 0.05) is 6.20 Å². The van der Waals surface area contributed by atoms with E-state index in [0.717, 1.165) is 0 Å². The summed E-state index contributed by atoms with van der Waals surface area (Å²) in [6, 6.07) is 0.981. The van der Waals surface area contributed by atoms with E-state index in [1.807, 2.05) is 6.92 Å². The van der Waals surface area contributed by atoms with Gasteiger partial charge < -0.3 is 5.32 Å². The fraction of sp³-hybridized carbons (Fsp3) is 0.222. The number of pyridine rings is 1. The van der Waals surface area contributed by atoms with Crippen molar-refractivity contribution >= 4 is 17.4 Å². The molecule has 0 aliphatic rings. The van der Waals surface area contributed by atoms with E-state index in [0.29, 0.717) is 5.82 Å². The lowest BCUT2D eigenvalue weighted by Gasteiger charge is -2.11. The number of hydrogen-bond acceptors (Lipinski definition) is 4. The van der Waals surface area contributed by atoms with Gasteiger partial charge in [0.05, 0.1) is 11.1 Å². The predicted molar refractivity (Wildman–Crippen MR) is 57.6 cm³/mol. The molecule has 0 bridgehead atoms. The van der Waals surface area contributed by atoms with Crippen molar-refractivity contribution < 1.29 is 4.39 Å². The van der Waals surface area contributed by atoms with E-state index >= 15 is 0 Å². The Labute approximate surface area is 96.1 Å². The molecule has 2 aromatic rings. The number of nitrogens with zero attached hydrogens (tertiary/aromatic N) is 3. The van der Waals surface area contributed by atoms with E-state index in [2.05, 4.69) is 25.5 Å². The Hall–Kier alpha value is -1.69. The van der Waals surface area contributed by atoms with Crippen LogP contribution in [0.25, 0.3) is 0 Å². The van der Waals surface area contributed by atoms with Crippen LogP contribution in [0.4, 0.5) is 10.2 Å². The van der Waals surface area contributed by atoms with Gasteiger partial charge in [-0.1, -0.05) is 11.6 Å². The summed E-state index contributed by atoms with van der Waals surface area (Å²) in [6.07, 6.45) is 2.76. The van der Waals surface area contributed by atoms with Crippen molar-refractivity contribution in [1.29, 1.82) is 0 Å². The van der Waals surface area contributed by atoms with Gasteiger partial charge in [0.25, 0.3) is 0 Å². The van der Waals surface area contributed by atoms with Crippen LogP contribution in [0.1, 0.15) is 18.8 Å². The summed E-state index contributed by atoms with van der Waals surface area (Å²) in [5.41, 5.74) is 0. The molecule has 5 nitrogen and oxygen atoms in total. The van der Waals surface area contributed by atoms with E-state index in [-0.39, 0.29) is 16.9 Å². The normalized spacial score (nSPS) is 12.4. The zero-order valence-corrected chi connectivity index (χ0v) is 9.16. The van der Waals surface area contributed by atoms with Crippen LogP contribution in [0.15, 0.2) is 18.6 Å². The molecule has 2 aromatic heterocycles. The number of nitrogens with one attached hydrogen (secondary N) is 2. The largest absolute Gasteiger partial charge is 0.358 e. The molecular weight excluding hydrogens is 233 g/mol. The third-order valence-electron chi connectivity index (χ3n) is 2.00. The fourth-order valence-corrected chi connectivity index (χ4v) is 1.36. The first kappa shape index (κ1) is 10.8. The Morgan fingerprint density at radius 3 is 2.94 bits per heavy atom. The maximum Gasteiger partial charge on any atom is 0.166 e. The van der Waals surface area contributed by atoms with Gasteiger partial charge in [-0.2, -0.15) is 5.10 Å². The number of anilines is 1. The Morgan fingerprint density at radius 2 is 2.31 bits per heavy atom. The summed E-state index contributed by atoms with van der Waals surface area (Å²) in [7, 11) is 0. The van der Waals surface area contributed by atoms with Crippen LogP contribution in [-0.2, 0) is 0 Å². The summed E-state index contributed by atoms with van der Waals surface area (Å²) in [5, 5.41) is 9.52. The Balaban J connectivity index is 2.15. The molecule has 2 rings (SSSR count). The summed E-state index contributed by atoms with van der Waals surface area (Å²) in [6.45, 7) is 1.82. The van der Waals surface area contributed by atoms with Crippen molar-refractivity contribution in [2.24, 2.45) is 0 Å². The lowest BCUT2D eigenvalue weighted by atomic mass is 10.3. The Morgan fingerprint density at radius 1 is 1.50 bits per heavy atom. The molecule has 16 heavy (non-hydrogen) atoms. The standard InChI is InChI=1S/C9H9ClFN5/c1-5(8-13-4-14-16-8)15-9-7(11)2-6(10)3-12-9/h2-5H,1H3,(H,12,15)(H,13,14,16). The first-order chi connectivity index (χ1) is 7.66. The third kappa shape index (κ3) is 2.27. The molecule has 2 N–H and O–H groups in total. The third-order valence-corrected chi connectivity index (χ3v) is 2.21. The molecule has 7 heteroatoms. The first-order valence-corrected chi connectivity index (χ1v) is 4.97. The number of aromatic amines is 1. The second-order valence-electron chi connectivity index (χ2n) is 3.22. The van der Waals surface area contributed by atoms with Crippen LogP contribution in [0.5, 0.6) is 0 Å². The van der Waals surface area contributed by atoms with E-state index < -0.39 is 5.82 Å². The van der Waals surface area contributed by atoms with Crippen molar-refractivity contribution in [3.63, 3.8) is 0 Å². The van der Waals surface area contributed by atoms with Crippen molar-refractivity contribution in [3.05, 3.63) is 35.3 Å². The van der Waals surface area contributed by atoms with E-state index in [9.17, 15) is 4.39 Å². The minimum absolute atomic E-state index is 0.133. The van der Waals surface area contributed by atoms with Crippen molar-refractivity contribution in [2.75, 3.05) is 5.32 Å². The highest BCUT2D eigenvalue weighted by atomic mass is 35.5. The SMILES string of the molecule is CC(Nc1ncc(Cl)cc1F)c1ncn[nH]1. The summed E-state index contributed by atoms with van der Waals surface area (Å²) in [4.78, 5) is 7.80. The highest BCUT2D eigenvalue weighted by Gasteiger charge is 2.11. The van der Waals surface area contributed by atoms with Gasteiger partial charge in [-0.05, 0) is 13.0 Å². The van der Waals surface area contributed by atoms with Crippen molar-refractivity contribution in [1.82, 2.24) is 20.2 Å². The minimum atomic E-state index is -0.501. The highest BCUT2D eigenvalue weighted by molar-refractivity contribution is 6.30.